The molecule has 4 N–H and O–H groups in total. The fraction of sp³-hybridized carbons (Fsp3) is 0.684. The minimum Gasteiger partial charge on any atom is -0.508 e. The third kappa shape index (κ3) is 3.14. The summed E-state index contributed by atoms with van der Waals surface area (Å²) in [6, 6.07) is 6.18. The molecule has 0 unspecified atom stereocenters. The minimum absolute atomic E-state index is 0.208. The molecule has 0 bridgehead atoms. The highest BCUT2D eigenvalue weighted by molar-refractivity contribution is 5.40. The number of nitrogens with one attached hydrogen (secondary N) is 1. The Hall–Kier alpha value is -1.86. The minimum atomic E-state index is -1.50. The Bertz CT molecular complexity index is 678. The molecule has 4 rings (SSSR count). The molecule has 0 heterocycles. The van der Waals surface area contributed by atoms with Gasteiger partial charge in [-0.2, -0.15) is 0 Å². The Morgan fingerprint density at radius 3 is 2.69 bits per heavy atom. The van der Waals surface area contributed by atoms with Crippen molar-refractivity contribution in [2.45, 2.75) is 57.1 Å². The zero-order valence-electron chi connectivity index (χ0n) is 15.3. The van der Waals surface area contributed by atoms with Crippen molar-refractivity contribution in [2.24, 2.45) is 17.3 Å². The number of benzene rings is 1. The van der Waals surface area contributed by atoms with Gasteiger partial charge in [0.25, 0.3) is 5.09 Å². The second-order valence-electron chi connectivity index (χ2n) is 8.15. The van der Waals surface area contributed by atoms with Crippen LogP contribution in [0.2, 0.25) is 0 Å². The molecule has 0 saturated heterocycles. The predicted molar refractivity (Wildman–Crippen MR) is 95.7 cm³/mol. The Balaban J connectivity index is 0.000000447. The molecule has 0 aliphatic heterocycles. The van der Waals surface area contributed by atoms with Gasteiger partial charge in [-0.3, -0.25) is 0 Å². The lowest BCUT2D eigenvalue weighted by Crippen LogP contribution is -2.49. The molecule has 26 heavy (non-hydrogen) atoms. The first-order chi connectivity index (χ1) is 12.3. The normalized spacial score (nSPS) is 37.6. The molecule has 144 valence electrons. The van der Waals surface area contributed by atoms with Crippen LogP contribution in [0.4, 0.5) is 0 Å². The number of aliphatic hydroxyl groups is 1. The Morgan fingerprint density at radius 2 is 2.04 bits per heavy atom. The monoisotopic (exact) mass is 364 g/mol. The van der Waals surface area contributed by atoms with Gasteiger partial charge in [0.15, 0.2) is 0 Å². The van der Waals surface area contributed by atoms with Crippen molar-refractivity contribution in [3.63, 3.8) is 0 Å². The topological polar surface area (TPSA) is 116 Å². The molecule has 0 aromatic heterocycles. The fourth-order valence-electron chi connectivity index (χ4n) is 6.10. The molecule has 3 aliphatic rings. The maximum Gasteiger partial charge on any atom is 0.291 e. The van der Waals surface area contributed by atoms with Gasteiger partial charge in [-0.15, -0.1) is 10.1 Å². The molecule has 7 heteroatoms. The number of aliphatic hydroxyl groups excluding tert-OH is 1. The number of rotatable bonds is 1. The van der Waals surface area contributed by atoms with Gasteiger partial charge in [-0.1, -0.05) is 13.0 Å². The van der Waals surface area contributed by atoms with Gasteiger partial charge in [-0.05, 0) is 85.6 Å². The van der Waals surface area contributed by atoms with Crippen LogP contribution in [0.3, 0.4) is 0 Å². The van der Waals surface area contributed by atoms with Crippen molar-refractivity contribution in [3.05, 3.63) is 39.4 Å². The van der Waals surface area contributed by atoms with Gasteiger partial charge >= 0.3 is 0 Å². The van der Waals surface area contributed by atoms with E-state index in [0.29, 0.717) is 23.5 Å². The largest absolute Gasteiger partial charge is 0.508 e. The Labute approximate surface area is 153 Å². The van der Waals surface area contributed by atoms with E-state index in [2.05, 4.69) is 18.3 Å². The maximum atomic E-state index is 10.5. The number of fused-ring (bicyclic) bond motifs is 5. The number of phenols is 1. The molecule has 1 aromatic rings. The number of phenolic OH excluding ortho intramolecular Hbond substituents is 1. The van der Waals surface area contributed by atoms with E-state index in [1.165, 1.54) is 30.4 Å². The predicted octanol–water partition coefficient (Wildman–Crippen LogP) is 2.46. The number of hydrogen-bond donors (Lipinski definition) is 4. The highest BCUT2D eigenvalue weighted by Gasteiger charge is 2.57. The number of hydrogen-bond acceptors (Lipinski definition) is 5. The fourth-order valence-corrected chi connectivity index (χ4v) is 6.10. The van der Waals surface area contributed by atoms with Gasteiger partial charge in [0.2, 0.25) is 0 Å². The standard InChI is InChI=1S/C19H27NO2.HNO3/c1-19-8-7-14-13-6-4-12(21)9-11(13)3-5-15(14)16(19)10-17(22)18(19)20-2;2-1(3)4/h4,6,9,14-18,20-22H,3,5,7-8,10H2,1-2H3;(H,2,3,4)/t14-,15-,16+,17+,18+,19+;/m1./s1. The smallest absolute Gasteiger partial charge is 0.291 e. The van der Waals surface area contributed by atoms with Crippen molar-refractivity contribution in [2.75, 3.05) is 7.05 Å². The molecule has 0 radical (unpaired) electrons. The average molecular weight is 364 g/mol. The summed E-state index contributed by atoms with van der Waals surface area (Å²) >= 11 is 0. The van der Waals surface area contributed by atoms with Crippen LogP contribution in [0.25, 0.3) is 0 Å². The van der Waals surface area contributed by atoms with Crippen LogP contribution in [0, 0.1) is 27.4 Å². The third-order valence-corrected chi connectivity index (χ3v) is 7.05. The van der Waals surface area contributed by atoms with E-state index in [1.54, 1.807) is 0 Å². The maximum absolute atomic E-state index is 10.5. The molecule has 0 spiro atoms. The molecule has 0 amide bonds. The van der Waals surface area contributed by atoms with Gasteiger partial charge in [0.1, 0.15) is 5.75 Å². The van der Waals surface area contributed by atoms with E-state index in [-0.39, 0.29) is 17.6 Å². The van der Waals surface area contributed by atoms with Gasteiger partial charge in [0.05, 0.1) is 6.10 Å². The lowest BCUT2D eigenvalue weighted by Gasteiger charge is -2.50. The molecule has 3 aliphatic carbocycles. The summed E-state index contributed by atoms with van der Waals surface area (Å²) in [6.07, 6.45) is 5.39. The van der Waals surface area contributed by atoms with Crippen molar-refractivity contribution >= 4 is 0 Å². The first kappa shape index (κ1) is 18.9. The lowest BCUT2D eigenvalue weighted by molar-refractivity contribution is -0.742. The van der Waals surface area contributed by atoms with Crippen LogP contribution in [0.15, 0.2) is 18.2 Å². The van der Waals surface area contributed by atoms with E-state index in [1.807, 2.05) is 19.2 Å². The second kappa shape index (κ2) is 7.04. The summed E-state index contributed by atoms with van der Waals surface area (Å²) in [5.74, 6) is 2.30. The van der Waals surface area contributed by atoms with Crippen molar-refractivity contribution in [3.8, 4) is 5.75 Å². The summed E-state index contributed by atoms with van der Waals surface area (Å²) in [5.41, 5.74) is 3.02. The summed E-state index contributed by atoms with van der Waals surface area (Å²) in [7, 11) is 1.99. The van der Waals surface area contributed by atoms with Crippen molar-refractivity contribution in [1.29, 1.82) is 0 Å². The van der Waals surface area contributed by atoms with E-state index in [9.17, 15) is 10.2 Å². The first-order valence-corrected chi connectivity index (χ1v) is 9.28. The summed E-state index contributed by atoms with van der Waals surface area (Å²) in [4.78, 5) is 8.36. The van der Waals surface area contributed by atoms with Crippen LogP contribution >= 0.6 is 0 Å². The lowest BCUT2D eigenvalue weighted by atomic mass is 9.55. The molecule has 2 fully saturated rings. The number of nitrogens with zero attached hydrogens (tertiary/aromatic N) is 1. The average Bonchev–Trinajstić information content (AvgIpc) is 2.83. The van der Waals surface area contributed by atoms with E-state index in [4.69, 9.17) is 15.3 Å². The molecule has 2 saturated carbocycles. The number of aryl methyl sites for hydroxylation is 1. The summed E-state index contributed by atoms with van der Waals surface area (Å²) < 4.78 is 0. The zero-order chi connectivity index (χ0) is 19.1. The van der Waals surface area contributed by atoms with E-state index in [0.717, 1.165) is 12.8 Å². The second-order valence-corrected chi connectivity index (χ2v) is 8.15. The number of aromatic hydroxyl groups is 1. The SMILES string of the molecule is CN[C@H]1[C@@H](O)C[C@H]2[C@@H]3CCc4cc(O)ccc4[C@H]3CC[C@@]21C.O=[N+]([O-])O. The van der Waals surface area contributed by atoms with Gasteiger partial charge in [0, 0.05) is 6.04 Å². The van der Waals surface area contributed by atoms with Crippen LogP contribution in [0.1, 0.15) is 49.7 Å². The number of likely N-dealkylation sites (N-methyl/N-ethyl adjacent to an activating group) is 1. The molecular formula is C19H28N2O5. The van der Waals surface area contributed by atoms with Crippen molar-refractivity contribution < 1.29 is 20.5 Å². The van der Waals surface area contributed by atoms with Crippen LogP contribution in [-0.4, -0.2) is 39.7 Å². The van der Waals surface area contributed by atoms with E-state index < -0.39 is 5.09 Å². The molecular weight excluding hydrogens is 336 g/mol. The highest BCUT2D eigenvalue weighted by Crippen LogP contribution is 2.60. The molecule has 7 nitrogen and oxygen atoms in total. The van der Waals surface area contributed by atoms with Crippen molar-refractivity contribution in [1.82, 2.24) is 5.32 Å². The van der Waals surface area contributed by atoms with Gasteiger partial charge in [-0.25, -0.2) is 0 Å². The van der Waals surface area contributed by atoms with Crippen LogP contribution < -0.4 is 5.32 Å². The quantitative estimate of drug-likeness (QED) is 0.449. The van der Waals surface area contributed by atoms with Crippen LogP contribution in [0.5, 0.6) is 5.75 Å². The first-order valence-electron chi connectivity index (χ1n) is 9.28. The van der Waals surface area contributed by atoms with Crippen LogP contribution in [-0.2, 0) is 6.42 Å². The summed E-state index contributed by atoms with van der Waals surface area (Å²) in [6.45, 7) is 2.39. The zero-order valence-corrected chi connectivity index (χ0v) is 15.3. The third-order valence-electron chi connectivity index (χ3n) is 7.05. The molecule has 1 aromatic carbocycles. The summed E-state index contributed by atoms with van der Waals surface area (Å²) in [5, 5.41) is 37.3. The van der Waals surface area contributed by atoms with Gasteiger partial charge < -0.3 is 20.7 Å². The van der Waals surface area contributed by atoms with E-state index >= 15 is 0 Å². The Kier molecular flexibility index (Phi) is 5.12. The Morgan fingerprint density at radius 1 is 1.35 bits per heavy atom. The highest BCUT2D eigenvalue weighted by atomic mass is 16.9. The molecule has 6 atom stereocenters.